The van der Waals surface area contributed by atoms with E-state index in [0.717, 1.165) is 12.1 Å². The number of alkyl halides is 3. The van der Waals surface area contributed by atoms with Crippen molar-refractivity contribution in [1.82, 2.24) is 0 Å². The molecule has 0 aliphatic rings. The van der Waals surface area contributed by atoms with Crippen LogP contribution in [0.1, 0.15) is 29.8 Å². The normalized spacial score (nSPS) is 12.1. The van der Waals surface area contributed by atoms with Crippen molar-refractivity contribution in [3.05, 3.63) is 59.7 Å². The van der Waals surface area contributed by atoms with Gasteiger partial charge in [-0.2, -0.15) is 13.2 Å². The second kappa shape index (κ2) is 7.36. The summed E-state index contributed by atoms with van der Waals surface area (Å²) in [6.07, 6.45) is -4.59. The van der Waals surface area contributed by atoms with Gasteiger partial charge in [-0.3, -0.25) is 9.52 Å². The highest BCUT2D eigenvalue weighted by molar-refractivity contribution is 7.93. The molecule has 2 aromatic carbocycles. The number of halogens is 3. The van der Waals surface area contributed by atoms with Crippen LogP contribution >= 0.6 is 0 Å². The molecule has 26 heavy (non-hydrogen) atoms. The summed E-state index contributed by atoms with van der Waals surface area (Å²) in [5.41, 5.74) is -0.954. The lowest BCUT2D eigenvalue weighted by atomic mass is 10.1. The number of carbonyl (C=O) groups is 1. The van der Waals surface area contributed by atoms with Gasteiger partial charge >= 0.3 is 6.18 Å². The standard InChI is InChI=1S/C17H17F3N2O3S/c1-11(2)26(24,25)22-13-9-7-12(8-10-13)16(23)21-15-6-4-3-5-14(15)17(18,19)20/h3-11,22H,1-2H3,(H,21,23). The average molecular weight is 386 g/mol. The third-order valence-corrected chi connectivity index (χ3v) is 5.27. The molecule has 0 spiro atoms. The van der Waals surface area contributed by atoms with Crippen LogP contribution in [0.4, 0.5) is 24.5 Å². The number of sulfonamides is 1. The molecule has 0 atom stereocenters. The molecule has 2 rings (SSSR count). The number of amides is 1. The van der Waals surface area contributed by atoms with Gasteiger partial charge in [0.15, 0.2) is 0 Å². The average Bonchev–Trinajstić information content (AvgIpc) is 2.54. The van der Waals surface area contributed by atoms with E-state index in [9.17, 15) is 26.4 Å². The van der Waals surface area contributed by atoms with Crippen molar-refractivity contribution in [1.29, 1.82) is 0 Å². The molecule has 1 amide bonds. The van der Waals surface area contributed by atoms with Crippen LogP contribution in [0.25, 0.3) is 0 Å². The second-order valence-corrected chi connectivity index (χ2v) is 8.01. The zero-order valence-electron chi connectivity index (χ0n) is 14.0. The SMILES string of the molecule is CC(C)S(=O)(=O)Nc1ccc(C(=O)Nc2ccccc2C(F)(F)F)cc1. The summed E-state index contributed by atoms with van der Waals surface area (Å²) in [6, 6.07) is 10.0. The summed E-state index contributed by atoms with van der Waals surface area (Å²) in [7, 11) is -3.53. The first-order chi connectivity index (χ1) is 12.0. The zero-order valence-corrected chi connectivity index (χ0v) is 14.8. The Kier molecular flexibility index (Phi) is 5.60. The van der Waals surface area contributed by atoms with Gasteiger partial charge in [-0.1, -0.05) is 12.1 Å². The fourth-order valence-corrected chi connectivity index (χ4v) is 2.71. The second-order valence-electron chi connectivity index (χ2n) is 5.77. The quantitative estimate of drug-likeness (QED) is 0.812. The van der Waals surface area contributed by atoms with Gasteiger partial charge in [0.25, 0.3) is 5.91 Å². The van der Waals surface area contributed by atoms with Crippen LogP contribution in [0.2, 0.25) is 0 Å². The van der Waals surface area contributed by atoms with Gasteiger partial charge in [0.05, 0.1) is 16.5 Å². The Morgan fingerprint density at radius 3 is 2.12 bits per heavy atom. The summed E-state index contributed by atoms with van der Waals surface area (Å²) in [5, 5.41) is 1.59. The van der Waals surface area contributed by atoms with Crippen molar-refractivity contribution in [2.75, 3.05) is 10.0 Å². The molecule has 0 aromatic heterocycles. The summed E-state index contributed by atoms with van der Waals surface area (Å²) >= 11 is 0. The van der Waals surface area contributed by atoms with Crippen LogP contribution in [-0.4, -0.2) is 19.6 Å². The number of nitrogens with one attached hydrogen (secondary N) is 2. The van der Waals surface area contributed by atoms with Crippen molar-refractivity contribution >= 4 is 27.3 Å². The topological polar surface area (TPSA) is 75.3 Å². The first-order valence-corrected chi connectivity index (χ1v) is 9.14. The minimum Gasteiger partial charge on any atom is -0.321 e. The van der Waals surface area contributed by atoms with E-state index in [1.165, 1.54) is 50.2 Å². The molecule has 0 saturated heterocycles. The molecule has 0 aliphatic heterocycles. The minimum absolute atomic E-state index is 0.0921. The summed E-state index contributed by atoms with van der Waals surface area (Å²) < 4.78 is 64.8. The van der Waals surface area contributed by atoms with Gasteiger partial charge in [-0.05, 0) is 50.2 Å². The fraction of sp³-hybridized carbons (Fsp3) is 0.235. The Balaban J connectivity index is 2.17. The number of para-hydroxylation sites is 1. The van der Waals surface area contributed by atoms with Gasteiger partial charge < -0.3 is 5.32 Å². The van der Waals surface area contributed by atoms with Gasteiger partial charge in [0, 0.05) is 11.3 Å². The molecule has 0 saturated carbocycles. The van der Waals surface area contributed by atoms with Gasteiger partial charge in [0.2, 0.25) is 10.0 Å². The van der Waals surface area contributed by atoms with Gasteiger partial charge in [-0.25, -0.2) is 8.42 Å². The third kappa shape index (κ3) is 4.75. The first kappa shape index (κ1) is 19.8. The van der Waals surface area contributed by atoms with Crippen LogP contribution in [-0.2, 0) is 16.2 Å². The monoisotopic (exact) mass is 386 g/mol. The Morgan fingerprint density at radius 1 is 1.00 bits per heavy atom. The molecule has 0 heterocycles. The molecule has 9 heteroatoms. The van der Waals surface area contributed by atoms with E-state index in [1.807, 2.05) is 0 Å². The molecule has 2 N–H and O–H groups in total. The Morgan fingerprint density at radius 2 is 1.58 bits per heavy atom. The first-order valence-electron chi connectivity index (χ1n) is 7.60. The third-order valence-electron chi connectivity index (χ3n) is 3.51. The van der Waals surface area contributed by atoms with E-state index in [0.29, 0.717) is 0 Å². The van der Waals surface area contributed by atoms with Crippen molar-refractivity contribution in [2.45, 2.75) is 25.3 Å². The molecule has 140 valence electrons. The highest BCUT2D eigenvalue weighted by Crippen LogP contribution is 2.34. The van der Waals surface area contributed by atoms with E-state index in [2.05, 4.69) is 10.0 Å². The van der Waals surface area contributed by atoms with E-state index in [4.69, 9.17) is 0 Å². The maximum absolute atomic E-state index is 13.0. The highest BCUT2D eigenvalue weighted by Gasteiger charge is 2.33. The van der Waals surface area contributed by atoms with E-state index in [1.54, 1.807) is 0 Å². The van der Waals surface area contributed by atoms with E-state index < -0.39 is 32.9 Å². The van der Waals surface area contributed by atoms with Crippen LogP contribution in [0.5, 0.6) is 0 Å². The molecule has 0 fully saturated rings. The smallest absolute Gasteiger partial charge is 0.321 e. The Hall–Kier alpha value is -2.55. The van der Waals surface area contributed by atoms with Crippen LogP contribution in [0, 0.1) is 0 Å². The van der Waals surface area contributed by atoms with Crippen molar-refractivity contribution < 1.29 is 26.4 Å². The lowest BCUT2D eigenvalue weighted by molar-refractivity contribution is -0.136. The molecule has 0 aliphatic carbocycles. The number of benzene rings is 2. The summed E-state index contributed by atoms with van der Waals surface area (Å²) in [4.78, 5) is 12.2. The number of carbonyl (C=O) groups excluding carboxylic acids is 1. The zero-order chi connectivity index (χ0) is 19.5. The molecular weight excluding hydrogens is 369 g/mol. The van der Waals surface area contributed by atoms with Crippen molar-refractivity contribution in [3.63, 3.8) is 0 Å². The number of hydrogen-bond donors (Lipinski definition) is 2. The van der Waals surface area contributed by atoms with Gasteiger partial charge in [0.1, 0.15) is 0 Å². The molecule has 5 nitrogen and oxygen atoms in total. The number of anilines is 2. The molecule has 0 radical (unpaired) electrons. The summed E-state index contributed by atoms with van der Waals surface area (Å²) in [6.45, 7) is 3.03. The predicted octanol–water partition coefficient (Wildman–Crippen LogP) is 4.11. The molecule has 0 bridgehead atoms. The maximum atomic E-state index is 13.0. The maximum Gasteiger partial charge on any atom is 0.418 e. The van der Waals surface area contributed by atoms with Gasteiger partial charge in [-0.15, -0.1) is 0 Å². The van der Waals surface area contributed by atoms with Crippen LogP contribution in [0.3, 0.4) is 0 Å². The highest BCUT2D eigenvalue weighted by atomic mass is 32.2. The van der Waals surface area contributed by atoms with Crippen LogP contribution < -0.4 is 10.0 Å². The molecule has 0 unspecified atom stereocenters. The van der Waals surface area contributed by atoms with Crippen molar-refractivity contribution in [3.8, 4) is 0 Å². The minimum atomic E-state index is -4.59. The Labute approximate surface area is 149 Å². The predicted molar refractivity (Wildman–Crippen MR) is 93.5 cm³/mol. The molecular formula is C17H17F3N2O3S. The lowest BCUT2D eigenvalue weighted by Gasteiger charge is -2.14. The number of rotatable bonds is 5. The largest absolute Gasteiger partial charge is 0.418 e. The Bertz CT molecular complexity index is 892. The number of hydrogen-bond acceptors (Lipinski definition) is 3. The summed E-state index contributed by atoms with van der Waals surface area (Å²) in [5.74, 6) is -0.736. The lowest BCUT2D eigenvalue weighted by Crippen LogP contribution is -2.22. The van der Waals surface area contributed by atoms with E-state index in [-0.39, 0.29) is 16.9 Å². The fourth-order valence-electron chi connectivity index (χ4n) is 2.01. The van der Waals surface area contributed by atoms with Crippen molar-refractivity contribution in [2.24, 2.45) is 0 Å². The van der Waals surface area contributed by atoms with Crippen LogP contribution in [0.15, 0.2) is 48.5 Å². The van der Waals surface area contributed by atoms with E-state index >= 15 is 0 Å². The molecule has 2 aromatic rings.